The van der Waals surface area contributed by atoms with Crippen LogP contribution in [0.3, 0.4) is 0 Å². The van der Waals surface area contributed by atoms with E-state index in [1.807, 2.05) is 26.0 Å². The van der Waals surface area contributed by atoms with E-state index in [1.165, 1.54) is 5.56 Å². The standard InChI is InChI=1S/C14H21ClO/c1-5-14(15)11(4)12-6-8-13(9-7-12)16-10(2)3/h6-11,14H,5H2,1-4H3. The summed E-state index contributed by atoms with van der Waals surface area (Å²) in [7, 11) is 0. The topological polar surface area (TPSA) is 9.23 Å². The van der Waals surface area contributed by atoms with Crippen LogP contribution in [0.1, 0.15) is 45.6 Å². The Kier molecular flexibility index (Phi) is 5.14. The van der Waals surface area contributed by atoms with Gasteiger partial charge in [0, 0.05) is 5.38 Å². The van der Waals surface area contributed by atoms with E-state index in [0.717, 1.165) is 12.2 Å². The van der Waals surface area contributed by atoms with Crippen molar-refractivity contribution in [1.82, 2.24) is 0 Å². The van der Waals surface area contributed by atoms with Crippen LogP contribution >= 0.6 is 11.6 Å². The normalized spacial score (nSPS) is 14.9. The minimum absolute atomic E-state index is 0.205. The first-order chi connectivity index (χ1) is 7.54. The van der Waals surface area contributed by atoms with E-state index in [9.17, 15) is 0 Å². The van der Waals surface area contributed by atoms with Crippen molar-refractivity contribution in [3.8, 4) is 5.75 Å². The summed E-state index contributed by atoms with van der Waals surface area (Å²) in [6.45, 7) is 8.34. The first kappa shape index (κ1) is 13.4. The van der Waals surface area contributed by atoms with Crippen LogP contribution in [0.4, 0.5) is 0 Å². The van der Waals surface area contributed by atoms with E-state index in [-0.39, 0.29) is 11.5 Å². The zero-order chi connectivity index (χ0) is 12.1. The maximum atomic E-state index is 6.24. The fraction of sp³-hybridized carbons (Fsp3) is 0.571. The summed E-state index contributed by atoms with van der Waals surface area (Å²) in [5.74, 6) is 1.31. The molecule has 1 nitrogen and oxygen atoms in total. The molecule has 0 aromatic heterocycles. The fourth-order valence-corrected chi connectivity index (χ4v) is 1.83. The molecule has 1 rings (SSSR count). The molecule has 90 valence electrons. The molecule has 0 saturated carbocycles. The van der Waals surface area contributed by atoms with E-state index in [1.54, 1.807) is 0 Å². The van der Waals surface area contributed by atoms with Gasteiger partial charge in [-0.05, 0) is 43.9 Å². The molecular formula is C14H21ClO. The van der Waals surface area contributed by atoms with Crippen LogP contribution in [0, 0.1) is 0 Å². The predicted molar refractivity (Wildman–Crippen MR) is 70.6 cm³/mol. The molecule has 0 amide bonds. The number of hydrogen-bond donors (Lipinski definition) is 0. The lowest BCUT2D eigenvalue weighted by Gasteiger charge is -2.17. The Balaban J connectivity index is 2.70. The maximum Gasteiger partial charge on any atom is 0.119 e. The van der Waals surface area contributed by atoms with E-state index >= 15 is 0 Å². The summed E-state index contributed by atoms with van der Waals surface area (Å²) in [6, 6.07) is 8.25. The molecule has 0 radical (unpaired) electrons. The summed E-state index contributed by atoms with van der Waals surface area (Å²) in [6.07, 6.45) is 1.21. The fourth-order valence-electron chi connectivity index (χ4n) is 1.68. The predicted octanol–water partition coefficient (Wildman–Crippen LogP) is 4.59. The lowest BCUT2D eigenvalue weighted by Crippen LogP contribution is -2.09. The second-order valence-corrected chi connectivity index (χ2v) is 5.01. The summed E-state index contributed by atoms with van der Waals surface area (Å²) in [5.41, 5.74) is 1.28. The van der Waals surface area contributed by atoms with Gasteiger partial charge in [-0.1, -0.05) is 26.0 Å². The first-order valence-electron chi connectivity index (χ1n) is 5.95. The molecule has 2 atom stereocenters. The second-order valence-electron chi connectivity index (χ2n) is 4.45. The Hall–Kier alpha value is -0.690. The number of rotatable bonds is 5. The van der Waals surface area contributed by atoms with E-state index in [2.05, 4.69) is 26.0 Å². The summed E-state index contributed by atoms with van der Waals surface area (Å²) in [4.78, 5) is 0. The Morgan fingerprint density at radius 3 is 2.12 bits per heavy atom. The SMILES string of the molecule is CCC(Cl)C(C)c1ccc(OC(C)C)cc1. The third-order valence-electron chi connectivity index (χ3n) is 2.71. The van der Waals surface area contributed by atoms with Gasteiger partial charge in [0.1, 0.15) is 5.75 Å². The second kappa shape index (κ2) is 6.15. The third-order valence-corrected chi connectivity index (χ3v) is 3.40. The van der Waals surface area contributed by atoms with Gasteiger partial charge in [-0.3, -0.25) is 0 Å². The van der Waals surface area contributed by atoms with Crippen LogP contribution < -0.4 is 4.74 Å². The Morgan fingerprint density at radius 1 is 1.12 bits per heavy atom. The van der Waals surface area contributed by atoms with Gasteiger partial charge in [-0.2, -0.15) is 0 Å². The molecule has 0 heterocycles. The van der Waals surface area contributed by atoms with Crippen molar-refractivity contribution in [2.75, 3.05) is 0 Å². The van der Waals surface area contributed by atoms with Crippen LogP contribution in [0.5, 0.6) is 5.75 Å². The molecule has 1 aromatic rings. The Morgan fingerprint density at radius 2 is 1.69 bits per heavy atom. The highest BCUT2D eigenvalue weighted by Gasteiger charge is 2.14. The highest BCUT2D eigenvalue weighted by atomic mass is 35.5. The zero-order valence-electron chi connectivity index (χ0n) is 10.5. The number of halogens is 1. The first-order valence-corrected chi connectivity index (χ1v) is 6.39. The summed E-state index contributed by atoms with van der Waals surface area (Å²) in [5, 5.41) is 0.205. The summed E-state index contributed by atoms with van der Waals surface area (Å²) >= 11 is 6.24. The molecule has 0 saturated heterocycles. The van der Waals surface area contributed by atoms with Gasteiger partial charge in [0.25, 0.3) is 0 Å². The molecule has 0 aliphatic rings. The number of alkyl halides is 1. The molecule has 0 bridgehead atoms. The van der Waals surface area contributed by atoms with Crippen molar-refractivity contribution in [1.29, 1.82) is 0 Å². The van der Waals surface area contributed by atoms with Crippen molar-refractivity contribution in [3.63, 3.8) is 0 Å². The van der Waals surface area contributed by atoms with Crippen LogP contribution in [0.25, 0.3) is 0 Å². The largest absolute Gasteiger partial charge is 0.491 e. The molecule has 0 N–H and O–H groups in total. The minimum Gasteiger partial charge on any atom is -0.491 e. The number of benzene rings is 1. The molecule has 2 unspecified atom stereocenters. The average molecular weight is 241 g/mol. The van der Waals surface area contributed by atoms with Gasteiger partial charge in [-0.15, -0.1) is 11.6 Å². The van der Waals surface area contributed by atoms with Crippen molar-refractivity contribution in [3.05, 3.63) is 29.8 Å². The average Bonchev–Trinajstić information content (AvgIpc) is 2.27. The van der Waals surface area contributed by atoms with Gasteiger partial charge in [0.05, 0.1) is 6.10 Å². The molecule has 1 aromatic carbocycles. The van der Waals surface area contributed by atoms with E-state index in [0.29, 0.717) is 5.92 Å². The van der Waals surface area contributed by atoms with Crippen LogP contribution in [-0.2, 0) is 0 Å². The van der Waals surface area contributed by atoms with Gasteiger partial charge < -0.3 is 4.74 Å². The highest BCUT2D eigenvalue weighted by molar-refractivity contribution is 6.21. The van der Waals surface area contributed by atoms with Gasteiger partial charge >= 0.3 is 0 Å². The molecule has 0 aliphatic carbocycles. The highest BCUT2D eigenvalue weighted by Crippen LogP contribution is 2.27. The molecule has 0 aliphatic heterocycles. The summed E-state index contributed by atoms with van der Waals surface area (Å²) < 4.78 is 5.60. The molecule has 0 fully saturated rings. The molecule has 2 heteroatoms. The number of hydrogen-bond acceptors (Lipinski definition) is 1. The molecule has 16 heavy (non-hydrogen) atoms. The quantitative estimate of drug-likeness (QED) is 0.684. The lowest BCUT2D eigenvalue weighted by molar-refractivity contribution is 0.242. The molecular weight excluding hydrogens is 220 g/mol. The van der Waals surface area contributed by atoms with Gasteiger partial charge in [0.15, 0.2) is 0 Å². The van der Waals surface area contributed by atoms with Crippen LogP contribution in [0.15, 0.2) is 24.3 Å². The Labute approximate surface area is 104 Å². The minimum atomic E-state index is 0.205. The third kappa shape index (κ3) is 3.71. The van der Waals surface area contributed by atoms with Crippen molar-refractivity contribution in [2.24, 2.45) is 0 Å². The Bertz CT molecular complexity index is 305. The lowest BCUT2D eigenvalue weighted by atomic mass is 9.96. The van der Waals surface area contributed by atoms with E-state index in [4.69, 9.17) is 16.3 Å². The van der Waals surface area contributed by atoms with Gasteiger partial charge in [-0.25, -0.2) is 0 Å². The number of ether oxygens (including phenoxy) is 1. The van der Waals surface area contributed by atoms with Crippen LogP contribution in [-0.4, -0.2) is 11.5 Å². The smallest absolute Gasteiger partial charge is 0.119 e. The van der Waals surface area contributed by atoms with E-state index < -0.39 is 0 Å². The maximum absolute atomic E-state index is 6.24. The van der Waals surface area contributed by atoms with Crippen molar-refractivity contribution >= 4 is 11.6 Å². The monoisotopic (exact) mass is 240 g/mol. The van der Waals surface area contributed by atoms with Gasteiger partial charge in [0.2, 0.25) is 0 Å². The zero-order valence-corrected chi connectivity index (χ0v) is 11.3. The van der Waals surface area contributed by atoms with Crippen molar-refractivity contribution in [2.45, 2.75) is 51.5 Å². The van der Waals surface area contributed by atoms with Crippen LogP contribution in [0.2, 0.25) is 0 Å². The van der Waals surface area contributed by atoms with Crippen molar-refractivity contribution < 1.29 is 4.74 Å². The molecule has 0 spiro atoms.